The molecule has 3 heteroatoms. The van der Waals surface area contributed by atoms with Gasteiger partial charge in [-0.3, -0.25) is 0 Å². The van der Waals surface area contributed by atoms with Gasteiger partial charge in [0.25, 0.3) is 0 Å². The largest absolute Gasteiger partial charge is 0.379 e. The molecule has 19 heavy (non-hydrogen) atoms. The third-order valence-corrected chi connectivity index (χ3v) is 6.29. The molecule has 1 aromatic carbocycles. The lowest BCUT2D eigenvalue weighted by Crippen LogP contribution is -2.40. The summed E-state index contributed by atoms with van der Waals surface area (Å²) in [5, 5.41) is 4.00. The zero-order valence-electron chi connectivity index (χ0n) is 11.8. The Kier molecular flexibility index (Phi) is 2.87. The summed E-state index contributed by atoms with van der Waals surface area (Å²) in [6.45, 7) is 7.07. The summed E-state index contributed by atoms with van der Waals surface area (Å²) in [5.41, 5.74) is 1.12. The predicted molar refractivity (Wildman–Crippen MR) is 78.0 cm³/mol. The molecule has 3 rings (SSSR count). The zero-order valence-corrected chi connectivity index (χ0v) is 12.5. The molecule has 2 aliphatic rings. The maximum Gasteiger partial charge on any atom is 0.146 e. The van der Waals surface area contributed by atoms with Gasteiger partial charge in [-0.1, -0.05) is 32.4 Å². The molecule has 1 nitrogen and oxygen atoms in total. The molecule has 3 unspecified atom stereocenters. The molecule has 0 amide bonds. The van der Waals surface area contributed by atoms with Crippen molar-refractivity contribution in [3.05, 3.63) is 29.0 Å². The summed E-state index contributed by atoms with van der Waals surface area (Å²) in [7, 11) is 0. The summed E-state index contributed by atoms with van der Waals surface area (Å²) in [4.78, 5) is 0. The standard InChI is InChI=1S/C16H21ClFN/c1-15(2)10-6-7-16(15,3)14(8-10)19-13-9-11(17)4-5-12(13)18/h4-5,9-10,14,19H,6-8H2,1-3H3. The summed E-state index contributed by atoms with van der Waals surface area (Å²) in [5.74, 6) is 0.533. The Morgan fingerprint density at radius 2 is 2.05 bits per heavy atom. The van der Waals surface area contributed by atoms with Gasteiger partial charge in [0.2, 0.25) is 0 Å². The molecule has 0 spiro atoms. The average molecular weight is 282 g/mol. The van der Waals surface area contributed by atoms with Gasteiger partial charge in [-0.15, -0.1) is 0 Å². The fourth-order valence-electron chi connectivity index (χ4n) is 4.22. The normalized spacial score (nSPS) is 35.6. The maximum absolute atomic E-state index is 13.9. The second-order valence-corrected chi connectivity index (χ2v) is 7.37. The smallest absolute Gasteiger partial charge is 0.146 e. The van der Waals surface area contributed by atoms with E-state index in [1.165, 1.54) is 18.9 Å². The lowest BCUT2D eigenvalue weighted by atomic mass is 9.69. The number of halogens is 2. The summed E-state index contributed by atoms with van der Waals surface area (Å²) in [6, 6.07) is 5.06. The Morgan fingerprint density at radius 1 is 1.32 bits per heavy atom. The molecule has 3 atom stereocenters. The highest BCUT2D eigenvalue weighted by Gasteiger charge is 2.61. The van der Waals surface area contributed by atoms with E-state index in [1.807, 2.05) is 0 Å². The van der Waals surface area contributed by atoms with Gasteiger partial charge < -0.3 is 5.32 Å². The van der Waals surface area contributed by atoms with Crippen LogP contribution in [0.25, 0.3) is 0 Å². The van der Waals surface area contributed by atoms with E-state index in [0.717, 1.165) is 12.3 Å². The van der Waals surface area contributed by atoms with Gasteiger partial charge in [0.05, 0.1) is 5.69 Å². The third kappa shape index (κ3) is 1.79. The van der Waals surface area contributed by atoms with Crippen molar-refractivity contribution >= 4 is 17.3 Å². The van der Waals surface area contributed by atoms with E-state index < -0.39 is 0 Å². The highest BCUT2D eigenvalue weighted by molar-refractivity contribution is 6.30. The molecular weight excluding hydrogens is 261 g/mol. The average Bonchev–Trinajstić information content (AvgIpc) is 2.67. The molecule has 0 radical (unpaired) electrons. The lowest BCUT2D eigenvalue weighted by Gasteiger charge is -2.40. The minimum Gasteiger partial charge on any atom is -0.379 e. The van der Waals surface area contributed by atoms with Crippen molar-refractivity contribution < 1.29 is 4.39 Å². The number of hydrogen-bond acceptors (Lipinski definition) is 1. The van der Waals surface area contributed by atoms with E-state index in [0.29, 0.717) is 22.2 Å². The van der Waals surface area contributed by atoms with E-state index in [-0.39, 0.29) is 11.2 Å². The molecule has 0 aromatic heterocycles. The number of nitrogens with one attached hydrogen (secondary N) is 1. The van der Waals surface area contributed by atoms with Gasteiger partial charge in [0, 0.05) is 11.1 Å². The van der Waals surface area contributed by atoms with Crippen molar-refractivity contribution in [1.82, 2.24) is 0 Å². The van der Waals surface area contributed by atoms with Crippen LogP contribution in [0.2, 0.25) is 5.02 Å². The van der Waals surface area contributed by atoms with Crippen LogP contribution < -0.4 is 5.32 Å². The minimum atomic E-state index is -0.214. The van der Waals surface area contributed by atoms with Gasteiger partial charge in [-0.05, 0) is 54.2 Å². The SMILES string of the molecule is CC1(C)C2CCC1(C)C(Nc1cc(Cl)ccc1F)C2. The molecule has 0 aliphatic heterocycles. The molecule has 2 aliphatic carbocycles. The molecule has 2 fully saturated rings. The molecule has 2 bridgehead atoms. The molecule has 1 aromatic rings. The van der Waals surface area contributed by atoms with Crippen LogP contribution in [0.3, 0.4) is 0 Å². The summed E-state index contributed by atoms with van der Waals surface area (Å²) < 4.78 is 13.9. The van der Waals surface area contributed by atoms with Gasteiger partial charge in [-0.2, -0.15) is 0 Å². The Morgan fingerprint density at radius 3 is 2.63 bits per heavy atom. The van der Waals surface area contributed by atoms with E-state index >= 15 is 0 Å². The molecule has 2 saturated carbocycles. The molecule has 0 saturated heterocycles. The number of rotatable bonds is 2. The van der Waals surface area contributed by atoms with E-state index in [1.54, 1.807) is 12.1 Å². The second-order valence-electron chi connectivity index (χ2n) is 6.93. The highest BCUT2D eigenvalue weighted by atomic mass is 35.5. The van der Waals surface area contributed by atoms with Gasteiger partial charge in [0.15, 0.2) is 0 Å². The Bertz CT molecular complexity index is 513. The molecule has 1 N–H and O–H groups in total. The van der Waals surface area contributed by atoms with Crippen molar-refractivity contribution in [3.63, 3.8) is 0 Å². The van der Waals surface area contributed by atoms with Crippen LogP contribution in [0.4, 0.5) is 10.1 Å². The first kappa shape index (κ1) is 13.2. The quantitative estimate of drug-likeness (QED) is 0.795. The Balaban J connectivity index is 1.88. The van der Waals surface area contributed by atoms with Crippen LogP contribution in [-0.2, 0) is 0 Å². The first-order valence-electron chi connectivity index (χ1n) is 7.06. The minimum absolute atomic E-state index is 0.214. The van der Waals surface area contributed by atoms with Crippen molar-refractivity contribution in [1.29, 1.82) is 0 Å². The predicted octanol–water partition coefficient (Wildman–Crippen LogP) is 5.11. The van der Waals surface area contributed by atoms with Gasteiger partial charge in [0.1, 0.15) is 5.82 Å². The molecule has 104 valence electrons. The maximum atomic E-state index is 13.9. The molecule has 0 heterocycles. The fourth-order valence-corrected chi connectivity index (χ4v) is 4.39. The monoisotopic (exact) mass is 281 g/mol. The van der Waals surface area contributed by atoms with Gasteiger partial charge >= 0.3 is 0 Å². The Labute approximate surface area is 119 Å². The van der Waals surface area contributed by atoms with Crippen molar-refractivity contribution in [2.45, 2.75) is 46.1 Å². The van der Waals surface area contributed by atoms with E-state index in [2.05, 4.69) is 26.1 Å². The topological polar surface area (TPSA) is 12.0 Å². The van der Waals surface area contributed by atoms with Gasteiger partial charge in [-0.25, -0.2) is 4.39 Å². The fraction of sp³-hybridized carbons (Fsp3) is 0.625. The first-order valence-corrected chi connectivity index (χ1v) is 7.44. The second kappa shape index (κ2) is 4.12. The summed E-state index contributed by atoms with van der Waals surface area (Å²) >= 11 is 5.97. The zero-order chi connectivity index (χ0) is 13.8. The Hall–Kier alpha value is -0.760. The van der Waals surface area contributed by atoms with E-state index in [4.69, 9.17) is 11.6 Å². The number of anilines is 1. The number of benzene rings is 1. The number of hydrogen-bond donors (Lipinski definition) is 1. The van der Waals surface area contributed by atoms with Crippen LogP contribution in [0, 0.1) is 22.6 Å². The highest BCUT2D eigenvalue weighted by Crippen LogP contribution is 2.65. The van der Waals surface area contributed by atoms with Crippen molar-refractivity contribution in [3.8, 4) is 0 Å². The van der Waals surface area contributed by atoms with Crippen molar-refractivity contribution in [2.75, 3.05) is 5.32 Å². The lowest BCUT2D eigenvalue weighted by molar-refractivity contribution is 0.142. The first-order chi connectivity index (χ1) is 8.84. The van der Waals surface area contributed by atoms with Crippen LogP contribution in [-0.4, -0.2) is 6.04 Å². The van der Waals surface area contributed by atoms with Crippen LogP contribution in [0.1, 0.15) is 40.0 Å². The summed E-state index contributed by atoms with van der Waals surface area (Å²) in [6.07, 6.45) is 3.67. The molecular formula is C16H21ClFN. The third-order valence-electron chi connectivity index (χ3n) is 6.05. The van der Waals surface area contributed by atoms with Crippen LogP contribution >= 0.6 is 11.6 Å². The van der Waals surface area contributed by atoms with Crippen LogP contribution in [0.15, 0.2) is 18.2 Å². The van der Waals surface area contributed by atoms with E-state index in [9.17, 15) is 4.39 Å². The van der Waals surface area contributed by atoms with Crippen molar-refractivity contribution in [2.24, 2.45) is 16.7 Å². The number of fused-ring (bicyclic) bond motifs is 2. The van der Waals surface area contributed by atoms with Crippen LogP contribution in [0.5, 0.6) is 0 Å².